The van der Waals surface area contributed by atoms with Gasteiger partial charge >= 0.3 is 9.28 Å². The normalized spacial score (nSPS) is 11.3. The molecule has 0 heterocycles. The zero-order chi connectivity index (χ0) is 14.3. The van der Waals surface area contributed by atoms with Crippen LogP contribution in [0.4, 0.5) is 13.2 Å². The Hall–Kier alpha value is -0.853. The maximum Gasteiger partial charge on any atom is 0.321 e. The number of benzene rings is 1. The predicted octanol–water partition coefficient (Wildman–Crippen LogP) is 3.33. The Bertz CT molecular complexity index is 372. The summed E-state index contributed by atoms with van der Waals surface area (Å²) in [5.74, 6) is -2.55. The summed E-state index contributed by atoms with van der Waals surface area (Å²) in [5.41, 5.74) is -0.0675. The molecule has 0 spiro atoms. The molecular weight excluding hydrogens is 273 g/mol. The van der Waals surface area contributed by atoms with Crippen molar-refractivity contribution in [3.63, 3.8) is 0 Å². The highest BCUT2D eigenvalue weighted by Crippen LogP contribution is 2.18. The van der Waals surface area contributed by atoms with E-state index in [-0.39, 0.29) is 12.0 Å². The third kappa shape index (κ3) is 5.34. The fourth-order valence-corrected chi connectivity index (χ4v) is 3.55. The first kappa shape index (κ1) is 16.2. The molecule has 0 aliphatic rings. The first-order chi connectivity index (χ1) is 9.08. The second-order valence-electron chi connectivity index (χ2n) is 4.08. The van der Waals surface area contributed by atoms with Crippen molar-refractivity contribution in [2.24, 2.45) is 0 Å². The van der Waals surface area contributed by atoms with Crippen LogP contribution in [0.25, 0.3) is 0 Å². The molecule has 0 saturated carbocycles. The molecule has 0 N–H and O–H groups in total. The molecule has 6 heteroatoms. The fraction of sp³-hybridized carbons (Fsp3) is 0.538. The molecule has 0 fully saturated rings. The third-order valence-corrected chi connectivity index (χ3v) is 4.97. The van der Waals surface area contributed by atoms with E-state index in [1.54, 1.807) is 0 Å². The zero-order valence-electron chi connectivity index (χ0n) is 11.2. The van der Waals surface area contributed by atoms with E-state index in [0.29, 0.717) is 37.8 Å². The van der Waals surface area contributed by atoms with Crippen LogP contribution in [0.15, 0.2) is 12.1 Å². The molecule has 1 rings (SSSR count). The van der Waals surface area contributed by atoms with Gasteiger partial charge in [0.1, 0.15) is 17.5 Å². The average Bonchev–Trinajstić information content (AvgIpc) is 2.32. The summed E-state index contributed by atoms with van der Waals surface area (Å²) in [6.45, 7) is 4.93. The predicted molar refractivity (Wildman–Crippen MR) is 69.8 cm³/mol. The molecule has 1 aromatic rings. The van der Waals surface area contributed by atoms with Crippen molar-refractivity contribution < 1.29 is 22.0 Å². The van der Waals surface area contributed by atoms with Gasteiger partial charge in [-0.1, -0.05) is 0 Å². The topological polar surface area (TPSA) is 18.5 Å². The van der Waals surface area contributed by atoms with Crippen molar-refractivity contribution in [2.45, 2.75) is 32.7 Å². The van der Waals surface area contributed by atoms with Crippen LogP contribution in [0.1, 0.15) is 25.8 Å². The monoisotopic (exact) mass is 292 g/mol. The van der Waals surface area contributed by atoms with E-state index in [2.05, 4.69) is 0 Å². The zero-order valence-corrected chi connectivity index (χ0v) is 12.4. The highest BCUT2D eigenvalue weighted by atomic mass is 28.3. The SMILES string of the molecule is CCO[SiH](CCCc1c(F)cc(F)cc1F)OCC. The van der Waals surface area contributed by atoms with E-state index in [1.165, 1.54) is 0 Å². The van der Waals surface area contributed by atoms with Crippen molar-refractivity contribution in [3.8, 4) is 0 Å². The van der Waals surface area contributed by atoms with Gasteiger partial charge < -0.3 is 8.85 Å². The third-order valence-electron chi connectivity index (χ3n) is 2.68. The van der Waals surface area contributed by atoms with E-state index in [0.717, 1.165) is 0 Å². The van der Waals surface area contributed by atoms with Gasteiger partial charge in [0.2, 0.25) is 0 Å². The van der Waals surface area contributed by atoms with Crippen LogP contribution in [-0.4, -0.2) is 22.5 Å². The molecule has 1 aromatic carbocycles. The Kier molecular flexibility index (Phi) is 7.12. The molecule has 0 saturated heterocycles. The summed E-state index contributed by atoms with van der Waals surface area (Å²) in [4.78, 5) is 0. The quantitative estimate of drug-likeness (QED) is 0.684. The minimum atomic E-state index is -1.74. The van der Waals surface area contributed by atoms with Crippen LogP contribution in [0.5, 0.6) is 0 Å². The Morgan fingerprint density at radius 1 is 1.00 bits per heavy atom. The van der Waals surface area contributed by atoms with Gasteiger partial charge in [0.15, 0.2) is 0 Å². The van der Waals surface area contributed by atoms with E-state index in [4.69, 9.17) is 8.85 Å². The smallest absolute Gasteiger partial charge is 0.321 e. The van der Waals surface area contributed by atoms with Gasteiger partial charge in [0, 0.05) is 30.9 Å². The number of rotatable bonds is 8. The van der Waals surface area contributed by atoms with E-state index in [1.807, 2.05) is 13.8 Å². The molecular formula is C13H19F3O2Si. The largest absolute Gasteiger partial charge is 0.397 e. The minimum Gasteiger partial charge on any atom is -0.397 e. The maximum atomic E-state index is 13.4. The maximum absolute atomic E-state index is 13.4. The lowest BCUT2D eigenvalue weighted by Crippen LogP contribution is -2.22. The van der Waals surface area contributed by atoms with Crippen LogP contribution < -0.4 is 0 Å². The van der Waals surface area contributed by atoms with Gasteiger partial charge in [-0.3, -0.25) is 0 Å². The Balaban J connectivity index is 2.52. The average molecular weight is 292 g/mol. The lowest BCUT2D eigenvalue weighted by molar-refractivity contribution is 0.213. The summed E-state index contributed by atoms with van der Waals surface area (Å²) in [7, 11) is -1.74. The van der Waals surface area contributed by atoms with Crippen LogP contribution >= 0.6 is 0 Å². The minimum absolute atomic E-state index is 0.0675. The van der Waals surface area contributed by atoms with Crippen LogP contribution in [-0.2, 0) is 15.3 Å². The van der Waals surface area contributed by atoms with Crippen molar-refractivity contribution in [1.29, 1.82) is 0 Å². The molecule has 0 amide bonds. The lowest BCUT2D eigenvalue weighted by atomic mass is 10.1. The van der Waals surface area contributed by atoms with Gasteiger partial charge in [-0.15, -0.1) is 0 Å². The van der Waals surface area contributed by atoms with Crippen LogP contribution in [0.3, 0.4) is 0 Å². The van der Waals surface area contributed by atoms with Crippen molar-refractivity contribution in [1.82, 2.24) is 0 Å². The Morgan fingerprint density at radius 2 is 1.53 bits per heavy atom. The van der Waals surface area contributed by atoms with E-state index < -0.39 is 26.7 Å². The van der Waals surface area contributed by atoms with Gasteiger partial charge in [-0.05, 0) is 32.7 Å². The van der Waals surface area contributed by atoms with E-state index >= 15 is 0 Å². The molecule has 0 radical (unpaired) electrons. The standard InChI is InChI=1S/C13H19F3O2Si/c1-3-17-19(18-4-2)7-5-6-11-12(15)8-10(14)9-13(11)16/h8-9,19H,3-7H2,1-2H3. The number of halogens is 3. The summed E-state index contributed by atoms with van der Waals surface area (Å²) >= 11 is 0. The molecule has 0 atom stereocenters. The molecule has 2 nitrogen and oxygen atoms in total. The van der Waals surface area contributed by atoms with Gasteiger partial charge in [0.05, 0.1) is 0 Å². The summed E-state index contributed by atoms with van der Waals surface area (Å²) in [6, 6.07) is 2.09. The van der Waals surface area contributed by atoms with Crippen molar-refractivity contribution in [2.75, 3.05) is 13.2 Å². The van der Waals surface area contributed by atoms with Crippen molar-refractivity contribution in [3.05, 3.63) is 35.1 Å². The molecule has 108 valence electrons. The molecule has 0 unspecified atom stereocenters. The van der Waals surface area contributed by atoms with Crippen LogP contribution in [0.2, 0.25) is 6.04 Å². The summed E-state index contributed by atoms with van der Waals surface area (Å²) in [6.07, 6.45) is 0.790. The second-order valence-corrected chi connectivity index (χ2v) is 6.18. The first-order valence-corrected chi connectivity index (χ1v) is 8.21. The molecule has 0 bridgehead atoms. The van der Waals surface area contributed by atoms with Gasteiger partial charge in [-0.2, -0.15) is 0 Å². The van der Waals surface area contributed by atoms with Gasteiger partial charge in [-0.25, -0.2) is 13.2 Å². The molecule has 19 heavy (non-hydrogen) atoms. The second kappa shape index (κ2) is 8.34. The first-order valence-electron chi connectivity index (χ1n) is 6.45. The van der Waals surface area contributed by atoms with Gasteiger partial charge in [0.25, 0.3) is 0 Å². The number of hydrogen-bond donors (Lipinski definition) is 0. The van der Waals surface area contributed by atoms with Crippen molar-refractivity contribution >= 4 is 9.28 Å². The Labute approximate surface area is 113 Å². The molecule has 0 aliphatic carbocycles. The van der Waals surface area contributed by atoms with E-state index in [9.17, 15) is 13.2 Å². The highest BCUT2D eigenvalue weighted by Gasteiger charge is 2.15. The fourth-order valence-electron chi connectivity index (χ4n) is 1.84. The summed E-state index contributed by atoms with van der Waals surface area (Å²) in [5, 5.41) is 0. The highest BCUT2D eigenvalue weighted by molar-refractivity contribution is 6.44. The summed E-state index contributed by atoms with van der Waals surface area (Å²) < 4.78 is 50.5. The number of hydrogen-bond acceptors (Lipinski definition) is 2. The Morgan fingerprint density at radius 3 is 2.00 bits per heavy atom. The molecule has 0 aliphatic heterocycles. The lowest BCUT2D eigenvalue weighted by Gasteiger charge is -2.14. The molecule has 0 aromatic heterocycles. The van der Waals surface area contributed by atoms with Crippen LogP contribution in [0, 0.1) is 17.5 Å².